The molecular weight excluding hydrogens is 335 g/mol. The average Bonchev–Trinajstić information content (AvgIpc) is 3.17. The highest BCUT2D eigenvalue weighted by Crippen LogP contribution is 2.26. The Kier molecular flexibility index (Phi) is 7.10. The maximum Gasteiger partial charge on any atom is 0.411 e. The summed E-state index contributed by atoms with van der Waals surface area (Å²) in [6.07, 6.45) is 1.16. The number of rotatable bonds is 7. The zero-order chi connectivity index (χ0) is 18.3. The van der Waals surface area contributed by atoms with Gasteiger partial charge in [0.05, 0.1) is 6.20 Å². The van der Waals surface area contributed by atoms with Gasteiger partial charge < -0.3 is 15.0 Å². The van der Waals surface area contributed by atoms with E-state index in [1.54, 1.807) is 4.68 Å². The Hall–Kier alpha value is -1.77. The number of hydrogen-bond acceptors (Lipinski definition) is 3. The summed E-state index contributed by atoms with van der Waals surface area (Å²) >= 11 is 0. The Morgan fingerprint density at radius 3 is 2.92 bits per heavy atom. The highest BCUT2D eigenvalue weighted by molar-refractivity contribution is 5.80. The second-order valence-corrected chi connectivity index (χ2v) is 6.14. The number of likely N-dealkylation sites (tertiary alicyclic amines) is 1. The summed E-state index contributed by atoms with van der Waals surface area (Å²) in [5.74, 6) is 1.23. The summed E-state index contributed by atoms with van der Waals surface area (Å²) in [5, 5.41) is 7.47. The van der Waals surface area contributed by atoms with Crippen LogP contribution in [0.4, 0.5) is 13.2 Å². The molecule has 0 radical (unpaired) electrons. The van der Waals surface area contributed by atoms with Crippen molar-refractivity contribution in [3.05, 3.63) is 18.0 Å². The van der Waals surface area contributed by atoms with E-state index >= 15 is 0 Å². The number of halogens is 3. The Morgan fingerprint density at radius 1 is 1.48 bits per heavy atom. The Balaban J connectivity index is 1.79. The molecule has 0 aliphatic carbocycles. The van der Waals surface area contributed by atoms with Crippen molar-refractivity contribution in [2.24, 2.45) is 12.0 Å². The van der Waals surface area contributed by atoms with Gasteiger partial charge in [-0.3, -0.25) is 9.67 Å². The monoisotopic (exact) mass is 361 g/mol. The van der Waals surface area contributed by atoms with Crippen molar-refractivity contribution in [3.8, 4) is 0 Å². The van der Waals surface area contributed by atoms with Gasteiger partial charge in [0.1, 0.15) is 6.61 Å². The van der Waals surface area contributed by atoms with Gasteiger partial charge in [-0.25, -0.2) is 0 Å². The van der Waals surface area contributed by atoms with Crippen molar-refractivity contribution < 1.29 is 17.9 Å². The van der Waals surface area contributed by atoms with Crippen LogP contribution in [0.25, 0.3) is 0 Å². The number of guanidine groups is 1. The number of nitrogens with one attached hydrogen (secondary N) is 1. The molecule has 0 aromatic carbocycles. The molecule has 1 aliphatic heterocycles. The van der Waals surface area contributed by atoms with Crippen LogP contribution in [0.15, 0.2) is 17.4 Å². The summed E-state index contributed by atoms with van der Waals surface area (Å²) < 4.78 is 42.4. The minimum atomic E-state index is -4.27. The fourth-order valence-corrected chi connectivity index (χ4v) is 2.84. The molecule has 1 aliphatic rings. The van der Waals surface area contributed by atoms with Gasteiger partial charge in [0, 0.05) is 51.9 Å². The first-order chi connectivity index (χ1) is 11.9. The number of alkyl halides is 3. The lowest BCUT2D eigenvalue weighted by Gasteiger charge is -2.21. The molecule has 1 saturated heterocycles. The molecule has 0 saturated carbocycles. The van der Waals surface area contributed by atoms with E-state index in [4.69, 9.17) is 0 Å². The number of ether oxygens (including phenoxy) is 1. The molecule has 9 heteroatoms. The van der Waals surface area contributed by atoms with Gasteiger partial charge in [-0.05, 0) is 25.3 Å². The average molecular weight is 361 g/mol. The van der Waals surface area contributed by atoms with E-state index in [2.05, 4.69) is 25.0 Å². The molecule has 2 rings (SSSR count). The third-order valence-corrected chi connectivity index (χ3v) is 3.99. The Labute approximate surface area is 146 Å². The molecular formula is C16H26F3N5O. The molecule has 1 N–H and O–H groups in total. The number of hydrogen-bond donors (Lipinski definition) is 1. The maximum absolute atomic E-state index is 12.0. The smallest absolute Gasteiger partial charge is 0.372 e. The van der Waals surface area contributed by atoms with Crippen LogP contribution in [0, 0.1) is 0 Å². The first-order valence-corrected chi connectivity index (χ1v) is 8.55. The second-order valence-electron chi connectivity index (χ2n) is 6.14. The quantitative estimate of drug-likeness (QED) is 0.459. The van der Waals surface area contributed by atoms with E-state index in [1.165, 1.54) is 5.56 Å². The van der Waals surface area contributed by atoms with E-state index in [0.717, 1.165) is 32.0 Å². The topological polar surface area (TPSA) is 54.7 Å². The van der Waals surface area contributed by atoms with Crippen LogP contribution in [0.3, 0.4) is 0 Å². The van der Waals surface area contributed by atoms with E-state index in [9.17, 15) is 13.2 Å². The van der Waals surface area contributed by atoms with Gasteiger partial charge in [0.2, 0.25) is 0 Å². The number of aliphatic imine (C=N–C) groups is 1. The molecule has 6 nitrogen and oxygen atoms in total. The maximum atomic E-state index is 12.0. The number of aryl methyl sites for hydroxylation is 1. The van der Waals surface area contributed by atoms with Gasteiger partial charge in [0.15, 0.2) is 5.96 Å². The highest BCUT2D eigenvalue weighted by Gasteiger charge is 2.28. The molecule has 1 aromatic heterocycles. The lowest BCUT2D eigenvalue weighted by molar-refractivity contribution is -0.173. The molecule has 0 bridgehead atoms. The molecule has 142 valence electrons. The van der Waals surface area contributed by atoms with Gasteiger partial charge in [-0.1, -0.05) is 0 Å². The van der Waals surface area contributed by atoms with Crippen LogP contribution in [0.1, 0.15) is 31.2 Å². The molecule has 0 spiro atoms. The normalized spacial score (nSPS) is 18.8. The SMILES string of the molecule is CCNC(=NCCCOCC(F)(F)F)N1CCC(c2cnn(C)c2)C1. The van der Waals surface area contributed by atoms with E-state index in [0.29, 0.717) is 18.9 Å². The summed E-state index contributed by atoms with van der Waals surface area (Å²) in [7, 11) is 1.91. The minimum absolute atomic E-state index is 0.0563. The molecule has 25 heavy (non-hydrogen) atoms. The van der Waals surface area contributed by atoms with Crippen molar-refractivity contribution in [1.82, 2.24) is 20.0 Å². The van der Waals surface area contributed by atoms with Crippen LogP contribution in [-0.2, 0) is 11.8 Å². The van der Waals surface area contributed by atoms with Crippen molar-refractivity contribution in [1.29, 1.82) is 0 Å². The molecule has 1 atom stereocenters. The van der Waals surface area contributed by atoms with E-state index in [-0.39, 0.29) is 6.61 Å². The van der Waals surface area contributed by atoms with Crippen LogP contribution < -0.4 is 5.32 Å². The Morgan fingerprint density at radius 2 is 2.28 bits per heavy atom. The second kappa shape index (κ2) is 9.07. The third kappa shape index (κ3) is 6.56. The van der Waals surface area contributed by atoms with Gasteiger partial charge >= 0.3 is 6.18 Å². The van der Waals surface area contributed by atoms with Crippen molar-refractivity contribution >= 4 is 5.96 Å². The summed E-state index contributed by atoms with van der Waals surface area (Å²) in [6, 6.07) is 0. The standard InChI is InChI=1S/C16H26F3N5O/c1-3-20-15(21-6-4-8-25-12-16(17,18)19)24-7-5-13(11-24)14-9-22-23(2)10-14/h9-10,13H,3-8,11-12H2,1-2H3,(H,20,21). The minimum Gasteiger partial charge on any atom is -0.372 e. The summed E-state index contributed by atoms with van der Waals surface area (Å²) in [4.78, 5) is 6.70. The summed E-state index contributed by atoms with van der Waals surface area (Å²) in [6.45, 7) is 3.80. The molecule has 2 heterocycles. The predicted molar refractivity (Wildman–Crippen MR) is 89.6 cm³/mol. The van der Waals surface area contributed by atoms with Crippen LogP contribution >= 0.6 is 0 Å². The summed E-state index contributed by atoms with van der Waals surface area (Å²) in [5.41, 5.74) is 1.22. The van der Waals surface area contributed by atoms with Crippen LogP contribution in [0.5, 0.6) is 0 Å². The fourth-order valence-electron chi connectivity index (χ4n) is 2.84. The molecule has 1 aromatic rings. The highest BCUT2D eigenvalue weighted by atomic mass is 19.4. The fraction of sp³-hybridized carbons (Fsp3) is 0.750. The molecule has 1 fully saturated rings. The van der Waals surface area contributed by atoms with Gasteiger partial charge in [-0.15, -0.1) is 0 Å². The van der Waals surface area contributed by atoms with Crippen molar-refractivity contribution in [2.75, 3.05) is 39.4 Å². The Bertz CT molecular complexity index is 558. The van der Waals surface area contributed by atoms with E-state index in [1.807, 2.05) is 26.4 Å². The third-order valence-electron chi connectivity index (χ3n) is 3.99. The number of aromatic nitrogens is 2. The largest absolute Gasteiger partial charge is 0.411 e. The van der Waals surface area contributed by atoms with Gasteiger partial charge in [-0.2, -0.15) is 18.3 Å². The zero-order valence-electron chi connectivity index (χ0n) is 14.7. The van der Waals surface area contributed by atoms with E-state index < -0.39 is 12.8 Å². The first kappa shape index (κ1) is 19.6. The lowest BCUT2D eigenvalue weighted by Crippen LogP contribution is -2.40. The number of nitrogens with zero attached hydrogens (tertiary/aromatic N) is 4. The van der Waals surface area contributed by atoms with Crippen molar-refractivity contribution in [3.63, 3.8) is 0 Å². The molecule has 0 amide bonds. The zero-order valence-corrected chi connectivity index (χ0v) is 14.7. The lowest BCUT2D eigenvalue weighted by atomic mass is 10.0. The molecule has 1 unspecified atom stereocenters. The van der Waals surface area contributed by atoms with Crippen LogP contribution in [0.2, 0.25) is 0 Å². The first-order valence-electron chi connectivity index (χ1n) is 8.55. The van der Waals surface area contributed by atoms with Gasteiger partial charge in [0.25, 0.3) is 0 Å². The predicted octanol–water partition coefficient (Wildman–Crippen LogP) is 2.14. The van der Waals surface area contributed by atoms with Crippen molar-refractivity contribution in [2.45, 2.75) is 31.9 Å². The van der Waals surface area contributed by atoms with Crippen LogP contribution in [-0.4, -0.2) is 66.2 Å².